The Morgan fingerprint density at radius 2 is 1.26 bits per heavy atom. The van der Waals surface area contributed by atoms with Crippen LogP contribution in [-0.4, -0.2) is 16.6 Å². The molecule has 3 rings (SSSR count). The first kappa shape index (κ1) is 15.4. The number of aromatic nitrogens is 1. The molecule has 1 heterocycles. The van der Waals surface area contributed by atoms with Crippen LogP contribution in [0.15, 0.2) is 85.2 Å². The quantitative estimate of drug-likeness (QED) is 0.732. The number of hydrogen-bond donors (Lipinski definition) is 2. The van der Waals surface area contributed by atoms with E-state index in [-0.39, 0.29) is 6.04 Å². The highest BCUT2D eigenvalue weighted by molar-refractivity contribution is 5.30. The molecule has 2 aromatic carbocycles. The van der Waals surface area contributed by atoms with E-state index in [0.29, 0.717) is 6.54 Å². The zero-order valence-corrected chi connectivity index (χ0v) is 12.8. The summed E-state index contributed by atoms with van der Waals surface area (Å²) < 4.78 is 0. The molecule has 1 aromatic heterocycles. The molecule has 0 radical (unpaired) electrons. The lowest BCUT2D eigenvalue weighted by Gasteiger charge is -2.22. The Morgan fingerprint density at radius 3 is 1.87 bits per heavy atom. The fraction of sp³-hybridized carbons (Fsp3) is 0.150. The minimum Gasteiger partial charge on any atom is -0.387 e. The number of pyridine rings is 1. The molecule has 0 bridgehead atoms. The Labute approximate surface area is 136 Å². The fourth-order valence-corrected chi connectivity index (χ4v) is 2.65. The van der Waals surface area contributed by atoms with Gasteiger partial charge in [0.2, 0.25) is 0 Å². The van der Waals surface area contributed by atoms with Gasteiger partial charge in [-0.05, 0) is 28.8 Å². The first-order valence-electron chi connectivity index (χ1n) is 7.76. The van der Waals surface area contributed by atoms with Crippen LogP contribution in [0.25, 0.3) is 0 Å². The molecule has 0 aliphatic carbocycles. The zero-order valence-electron chi connectivity index (χ0n) is 12.8. The molecule has 3 aromatic rings. The summed E-state index contributed by atoms with van der Waals surface area (Å²) in [6.45, 7) is 0.478. The second-order valence-electron chi connectivity index (χ2n) is 5.46. The van der Waals surface area contributed by atoms with Crippen LogP contribution in [-0.2, 0) is 0 Å². The third-order valence-electron chi connectivity index (χ3n) is 3.87. The normalized spacial score (nSPS) is 13.4. The summed E-state index contributed by atoms with van der Waals surface area (Å²) in [6.07, 6.45) is 3.05. The maximum absolute atomic E-state index is 10.4. The average molecular weight is 304 g/mol. The van der Waals surface area contributed by atoms with Gasteiger partial charge in [-0.25, -0.2) is 0 Å². The topological polar surface area (TPSA) is 45.1 Å². The predicted molar refractivity (Wildman–Crippen MR) is 91.9 cm³/mol. The SMILES string of the molecule is OC(CNC(c1ccccc1)c1ccncc1)c1ccccc1. The minimum atomic E-state index is -0.538. The van der Waals surface area contributed by atoms with Gasteiger partial charge >= 0.3 is 0 Å². The summed E-state index contributed by atoms with van der Waals surface area (Å²) in [7, 11) is 0. The van der Waals surface area contributed by atoms with E-state index in [4.69, 9.17) is 0 Å². The molecule has 0 aliphatic heterocycles. The molecule has 0 saturated heterocycles. The van der Waals surface area contributed by atoms with E-state index in [2.05, 4.69) is 22.4 Å². The maximum atomic E-state index is 10.4. The van der Waals surface area contributed by atoms with Gasteiger partial charge in [0, 0.05) is 18.9 Å². The maximum Gasteiger partial charge on any atom is 0.0914 e. The van der Waals surface area contributed by atoms with Crippen molar-refractivity contribution in [1.29, 1.82) is 0 Å². The highest BCUT2D eigenvalue weighted by Crippen LogP contribution is 2.22. The Kier molecular flexibility index (Phi) is 5.14. The largest absolute Gasteiger partial charge is 0.387 e. The second-order valence-corrected chi connectivity index (χ2v) is 5.46. The smallest absolute Gasteiger partial charge is 0.0914 e. The number of nitrogens with one attached hydrogen (secondary N) is 1. The van der Waals surface area contributed by atoms with Gasteiger partial charge in [-0.1, -0.05) is 60.7 Å². The van der Waals surface area contributed by atoms with Crippen molar-refractivity contribution in [3.63, 3.8) is 0 Å². The standard InChI is InChI=1S/C20H20N2O/c23-19(16-7-3-1-4-8-16)15-22-20(17-9-5-2-6-10-17)18-11-13-21-14-12-18/h1-14,19-20,22-23H,15H2. The lowest BCUT2D eigenvalue weighted by Crippen LogP contribution is -2.27. The summed E-state index contributed by atoms with van der Waals surface area (Å²) >= 11 is 0. The summed E-state index contributed by atoms with van der Waals surface area (Å²) in [4.78, 5) is 4.09. The van der Waals surface area contributed by atoms with Crippen molar-refractivity contribution < 1.29 is 5.11 Å². The number of rotatable bonds is 6. The lowest BCUT2D eigenvalue weighted by molar-refractivity contribution is 0.172. The summed E-state index contributed by atoms with van der Waals surface area (Å²) in [5, 5.41) is 13.9. The summed E-state index contributed by atoms with van der Waals surface area (Å²) in [5.74, 6) is 0. The highest BCUT2D eigenvalue weighted by Gasteiger charge is 2.15. The second kappa shape index (κ2) is 7.68. The van der Waals surface area contributed by atoms with Crippen molar-refractivity contribution >= 4 is 0 Å². The van der Waals surface area contributed by atoms with Gasteiger partial charge in [-0.3, -0.25) is 4.98 Å². The number of aliphatic hydroxyl groups is 1. The van der Waals surface area contributed by atoms with Crippen LogP contribution in [0.1, 0.15) is 28.8 Å². The van der Waals surface area contributed by atoms with Crippen molar-refractivity contribution in [3.8, 4) is 0 Å². The van der Waals surface area contributed by atoms with Gasteiger partial charge in [0.15, 0.2) is 0 Å². The van der Waals surface area contributed by atoms with Crippen LogP contribution < -0.4 is 5.32 Å². The number of benzene rings is 2. The molecule has 2 N–H and O–H groups in total. The number of nitrogens with zero attached hydrogens (tertiary/aromatic N) is 1. The van der Waals surface area contributed by atoms with Gasteiger partial charge < -0.3 is 10.4 Å². The Morgan fingerprint density at radius 1 is 0.739 bits per heavy atom. The van der Waals surface area contributed by atoms with E-state index in [0.717, 1.165) is 11.1 Å². The number of aliphatic hydroxyl groups excluding tert-OH is 1. The molecular formula is C20H20N2O. The van der Waals surface area contributed by atoms with E-state index in [1.54, 1.807) is 12.4 Å². The molecule has 0 spiro atoms. The summed E-state index contributed by atoms with van der Waals surface area (Å²) in [6, 6.07) is 24.0. The summed E-state index contributed by atoms with van der Waals surface area (Å²) in [5.41, 5.74) is 3.21. The van der Waals surface area contributed by atoms with Gasteiger partial charge in [0.25, 0.3) is 0 Å². The van der Waals surface area contributed by atoms with Crippen molar-refractivity contribution in [2.75, 3.05) is 6.54 Å². The predicted octanol–water partition coefficient (Wildman–Crippen LogP) is 3.49. The van der Waals surface area contributed by atoms with Crippen molar-refractivity contribution in [3.05, 3.63) is 102 Å². The van der Waals surface area contributed by atoms with Gasteiger partial charge in [-0.15, -0.1) is 0 Å². The lowest BCUT2D eigenvalue weighted by atomic mass is 9.99. The molecule has 0 saturated carbocycles. The molecule has 0 aliphatic rings. The van der Waals surface area contributed by atoms with Gasteiger partial charge in [0.05, 0.1) is 12.1 Å². The van der Waals surface area contributed by atoms with Crippen LogP contribution in [0, 0.1) is 0 Å². The fourth-order valence-electron chi connectivity index (χ4n) is 2.65. The molecule has 3 heteroatoms. The molecule has 0 fully saturated rings. The van der Waals surface area contributed by atoms with Crippen LogP contribution in [0.4, 0.5) is 0 Å². The molecule has 3 nitrogen and oxygen atoms in total. The Hall–Kier alpha value is -2.49. The van der Waals surface area contributed by atoms with Crippen molar-refractivity contribution in [2.45, 2.75) is 12.1 Å². The van der Waals surface area contributed by atoms with Crippen molar-refractivity contribution in [2.24, 2.45) is 0 Å². The van der Waals surface area contributed by atoms with E-state index in [9.17, 15) is 5.11 Å². The van der Waals surface area contributed by atoms with Crippen LogP contribution in [0.2, 0.25) is 0 Å². The Bertz CT molecular complexity index is 662. The average Bonchev–Trinajstić information content (AvgIpc) is 2.64. The Balaban J connectivity index is 1.77. The van der Waals surface area contributed by atoms with E-state index < -0.39 is 6.10 Å². The highest BCUT2D eigenvalue weighted by atomic mass is 16.3. The van der Waals surface area contributed by atoms with E-state index in [1.807, 2.05) is 60.7 Å². The molecule has 116 valence electrons. The molecule has 0 amide bonds. The molecular weight excluding hydrogens is 284 g/mol. The third kappa shape index (κ3) is 4.03. The van der Waals surface area contributed by atoms with E-state index >= 15 is 0 Å². The minimum absolute atomic E-state index is 0.0255. The van der Waals surface area contributed by atoms with Crippen LogP contribution in [0.5, 0.6) is 0 Å². The monoisotopic (exact) mass is 304 g/mol. The zero-order chi connectivity index (χ0) is 15.9. The van der Waals surface area contributed by atoms with E-state index in [1.165, 1.54) is 5.56 Å². The molecule has 2 atom stereocenters. The van der Waals surface area contributed by atoms with Crippen molar-refractivity contribution in [1.82, 2.24) is 10.3 Å². The third-order valence-corrected chi connectivity index (χ3v) is 3.87. The number of hydrogen-bond acceptors (Lipinski definition) is 3. The first-order chi connectivity index (χ1) is 11.3. The molecule has 23 heavy (non-hydrogen) atoms. The van der Waals surface area contributed by atoms with Crippen LogP contribution >= 0.6 is 0 Å². The van der Waals surface area contributed by atoms with Gasteiger partial charge in [0.1, 0.15) is 0 Å². The molecule has 2 unspecified atom stereocenters. The van der Waals surface area contributed by atoms with Crippen LogP contribution in [0.3, 0.4) is 0 Å². The van der Waals surface area contributed by atoms with Gasteiger partial charge in [-0.2, -0.15) is 0 Å². The first-order valence-corrected chi connectivity index (χ1v) is 7.76.